The lowest BCUT2D eigenvalue weighted by atomic mass is 10.1. The third kappa shape index (κ3) is 3.80. The molecule has 2 heterocycles. The molecule has 1 amide bonds. The molecule has 3 nitrogen and oxygen atoms in total. The number of nitrogens with zero attached hydrogens (tertiary/aromatic N) is 1. The van der Waals surface area contributed by atoms with E-state index >= 15 is 0 Å². The molecular formula is C18H16N2OS. The molecule has 1 aromatic carbocycles. The van der Waals surface area contributed by atoms with Crippen LogP contribution in [-0.2, 0) is 11.2 Å². The number of aryl methyl sites for hydroxylation is 1. The summed E-state index contributed by atoms with van der Waals surface area (Å²) >= 11 is 1.54. The van der Waals surface area contributed by atoms with Crippen LogP contribution in [-0.4, -0.2) is 10.9 Å². The Labute approximate surface area is 133 Å². The highest BCUT2D eigenvalue weighted by molar-refractivity contribution is 7.14. The first-order chi connectivity index (χ1) is 10.8. The van der Waals surface area contributed by atoms with Crippen LogP contribution in [0.2, 0.25) is 0 Å². The summed E-state index contributed by atoms with van der Waals surface area (Å²) in [7, 11) is 0. The Balaban J connectivity index is 1.57. The van der Waals surface area contributed by atoms with Gasteiger partial charge < -0.3 is 5.32 Å². The Hall–Kier alpha value is -2.46. The average molecular weight is 308 g/mol. The van der Waals surface area contributed by atoms with Crippen LogP contribution in [0.4, 0.5) is 5.00 Å². The molecule has 0 atom stereocenters. The maximum atomic E-state index is 12.0. The topological polar surface area (TPSA) is 42.0 Å². The largest absolute Gasteiger partial charge is 0.318 e. The summed E-state index contributed by atoms with van der Waals surface area (Å²) in [5.41, 5.74) is 3.39. The van der Waals surface area contributed by atoms with Crippen LogP contribution in [0.25, 0.3) is 11.1 Å². The van der Waals surface area contributed by atoms with E-state index in [2.05, 4.69) is 10.3 Å². The maximum absolute atomic E-state index is 12.0. The van der Waals surface area contributed by atoms with Crippen LogP contribution < -0.4 is 5.32 Å². The lowest BCUT2D eigenvalue weighted by Gasteiger charge is -2.02. The Morgan fingerprint density at radius 3 is 2.59 bits per heavy atom. The second-order valence-corrected chi connectivity index (χ2v) is 5.88. The predicted molar refractivity (Wildman–Crippen MR) is 90.9 cm³/mol. The number of benzene rings is 1. The highest BCUT2D eigenvalue weighted by Crippen LogP contribution is 2.28. The molecule has 110 valence electrons. The van der Waals surface area contributed by atoms with Crippen molar-refractivity contribution >= 4 is 22.2 Å². The maximum Gasteiger partial charge on any atom is 0.225 e. The summed E-state index contributed by atoms with van der Waals surface area (Å²) in [6.45, 7) is 0. The molecule has 0 radical (unpaired) electrons. The molecule has 0 saturated carbocycles. The van der Waals surface area contributed by atoms with Crippen molar-refractivity contribution in [3.63, 3.8) is 0 Å². The zero-order valence-corrected chi connectivity index (χ0v) is 12.8. The lowest BCUT2D eigenvalue weighted by molar-refractivity contribution is -0.116. The lowest BCUT2D eigenvalue weighted by Crippen LogP contribution is -2.11. The second-order valence-electron chi connectivity index (χ2n) is 4.97. The molecule has 3 aromatic rings. The fourth-order valence-corrected chi connectivity index (χ4v) is 3.03. The minimum Gasteiger partial charge on any atom is -0.318 e. The first-order valence-corrected chi connectivity index (χ1v) is 8.02. The molecule has 0 aliphatic rings. The molecular weight excluding hydrogens is 292 g/mol. The highest BCUT2D eigenvalue weighted by atomic mass is 32.1. The van der Waals surface area contributed by atoms with Crippen LogP contribution in [0.5, 0.6) is 0 Å². The van der Waals surface area contributed by atoms with E-state index in [0.717, 1.165) is 22.5 Å². The number of hydrogen-bond acceptors (Lipinski definition) is 3. The van der Waals surface area contributed by atoms with Gasteiger partial charge in [0.2, 0.25) is 5.91 Å². The molecule has 0 unspecified atom stereocenters. The van der Waals surface area contributed by atoms with Crippen molar-refractivity contribution in [3.8, 4) is 11.1 Å². The van der Waals surface area contributed by atoms with E-state index in [1.807, 2.05) is 53.9 Å². The second kappa shape index (κ2) is 7.00. The fraction of sp³-hybridized carbons (Fsp3) is 0.111. The number of anilines is 1. The Bertz CT molecular complexity index is 738. The van der Waals surface area contributed by atoms with Crippen LogP contribution >= 0.6 is 11.3 Å². The summed E-state index contributed by atoms with van der Waals surface area (Å²) in [6, 6.07) is 16.0. The van der Waals surface area contributed by atoms with E-state index in [1.165, 1.54) is 5.56 Å². The average Bonchev–Trinajstić information content (AvgIpc) is 3.03. The van der Waals surface area contributed by atoms with Crippen molar-refractivity contribution in [2.24, 2.45) is 0 Å². The molecule has 0 fully saturated rings. The number of carbonyl (C=O) groups is 1. The molecule has 0 aliphatic heterocycles. The zero-order valence-electron chi connectivity index (χ0n) is 12.0. The van der Waals surface area contributed by atoms with Gasteiger partial charge in [-0.2, -0.15) is 0 Å². The molecule has 22 heavy (non-hydrogen) atoms. The summed E-state index contributed by atoms with van der Waals surface area (Å²) in [5.74, 6) is 0.0481. The molecule has 0 bridgehead atoms. The first-order valence-electron chi connectivity index (χ1n) is 7.14. The van der Waals surface area contributed by atoms with Crippen molar-refractivity contribution in [2.45, 2.75) is 12.8 Å². The molecule has 1 N–H and O–H groups in total. The van der Waals surface area contributed by atoms with Crippen LogP contribution in [0.15, 0.2) is 66.3 Å². The van der Waals surface area contributed by atoms with Crippen LogP contribution in [0, 0.1) is 0 Å². The molecule has 4 heteroatoms. The summed E-state index contributed by atoms with van der Waals surface area (Å²) in [4.78, 5) is 16.0. The normalized spacial score (nSPS) is 10.4. The van der Waals surface area contributed by atoms with Crippen LogP contribution in [0.1, 0.15) is 12.0 Å². The number of rotatable bonds is 5. The van der Waals surface area contributed by atoms with Gasteiger partial charge in [-0.25, -0.2) is 0 Å². The minimum absolute atomic E-state index is 0.0481. The van der Waals surface area contributed by atoms with E-state index < -0.39 is 0 Å². The van der Waals surface area contributed by atoms with Gasteiger partial charge in [-0.05, 0) is 41.3 Å². The minimum atomic E-state index is 0.0481. The van der Waals surface area contributed by atoms with E-state index in [4.69, 9.17) is 0 Å². The standard InChI is InChI=1S/C18H16N2OS/c21-17(7-6-14-4-2-1-3-5-14)20-18-12-16(13-22-18)15-8-10-19-11-9-15/h1-5,8-13H,6-7H2,(H,20,21). The van der Waals surface area contributed by atoms with Gasteiger partial charge in [0, 0.05) is 24.2 Å². The number of aromatic nitrogens is 1. The van der Waals surface area contributed by atoms with Gasteiger partial charge in [0.15, 0.2) is 0 Å². The third-order valence-corrected chi connectivity index (χ3v) is 4.20. The highest BCUT2D eigenvalue weighted by Gasteiger charge is 2.06. The SMILES string of the molecule is O=C(CCc1ccccc1)Nc1cc(-c2ccncc2)cs1. The van der Waals surface area contributed by atoms with Crippen molar-refractivity contribution in [3.05, 3.63) is 71.9 Å². The molecule has 3 rings (SSSR count). The van der Waals surface area contributed by atoms with Gasteiger partial charge in [-0.1, -0.05) is 30.3 Å². The summed E-state index contributed by atoms with van der Waals surface area (Å²) < 4.78 is 0. The Morgan fingerprint density at radius 1 is 1.05 bits per heavy atom. The van der Waals surface area contributed by atoms with Gasteiger partial charge >= 0.3 is 0 Å². The summed E-state index contributed by atoms with van der Waals surface area (Å²) in [6.07, 6.45) is 4.79. The quantitative estimate of drug-likeness (QED) is 0.760. The number of amides is 1. The third-order valence-electron chi connectivity index (χ3n) is 3.36. The molecule has 0 spiro atoms. The number of pyridine rings is 1. The van der Waals surface area contributed by atoms with Gasteiger partial charge in [-0.15, -0.1) is 11.3 Å². The van der Waals surface area contributed by atoms with E-state index in [0.29, 0.717) is 6.42 Å². The number of thiophene rings is 1. The van der Waals surface area contributed by atoms with Crippen LogP contribution in [0.3, 0.4) is 0 Å². The van der Waals surface area contributed by atoms with Gasteiger partial charge in [0.1, 0.15) is 0 Å². The van der Waals surface area contributed by atoms with E-state index in [1.54, 1.807) is 23.7 Å². The monoisotopic (exact) mass is 308 g/mol. The number of carbonyl (C=O) groups excluding carboxylic acids is 1. The predicted octanol–water partition coefficient (Wildman–Crippen LogP) is 4.38. The van der Waals surface area contributed by atoms with Gasteiger partial charge in [-0.3, -0.25) is 9.78 Å². The van der Waals surface area contributed by atoms with Gasteiger partial charge in [0.05, 0.1) is 5.00 Å². The van der Waals surface area contributed by atoms with Crippen molar-refractivity contribution < 1.29 is 4.79 Å². The zero-order chi connectivity index (χ0) is 15.2. The van der Waals surface area contributed by atoms with Crippen molar-refractivity contribution in [2.75, 3.05) is 5.32 Å². The fourth-order valence-electron chi connectivity index (χ4n) is 2.20. The Morgan fingerprint density at radius 2 is 1.82 bits per heavy atom. The molecule has 0 saturated heterocycles. The van der Waals surface area contributed by atoms with Crippen molar-refractivity contribution in [1.29, 1.82) is 0 Å². The van der Waals surface area contributed by atoms with E-state index in [-0.39, 0.29) is 5.91 Å². The Kier molecular flexibility index (Phi) is 4.61. The number of nitrogens with one attached hydrogen (secondary N) is 1. The van der Waals surface area contributed by atoms with Gasteiger partial charge in [0.25, 0.3) is 0 Å². The number of hydrogen-bond donors (Lipinski definition) is 1. The molecule has 0 aliphatic carbocycles. The van der Waals surface area contributed by atoms with Crippen molar-refractivity contribution in [1.82, 2.24) is 4.98 Å². The smallest absolute Gasteiger partial charge is 0.225 e. The molecule has 2 aromatic heterocycles. The first kappa shape index (κ1) is 14.5. The summed E-state index contributed by atoms with van der Waals surface area (Å²) in [5, 5.41) is 5.89. The van der Waals surface area contributed by atoms with E-state index in [9.17, 15) is 4.79 Å².